The van der Waals surface area contributed by atoms with Crippen LogP contribution in [0.1, 0.15) is 33.6 Å². The topological polar surface area (TPSA) is 70.0 Å². The van der Waals surface area contributed by atoms with Crippen molar-refractivity contribution in [3.05, 3.63) is 11.6 Å². The highest BCUT2D eigenvalue weighted by molar-refractivity contribution is 5.71. The van der Waals surface area contributed by atoms with E-state index in [2.05, 4.69) is 0 Å². The maximum absolute atomic E-state index is 12.3. The molecule has 1 amide bonds. The van der Waals surface area contributed by atoms with Gasteiger partial charge in [-0.05, 0) is 39.2 Å². The Labute approximate surface area is 113 Å². The van der Waals surface area contributed by atoms with Crippen molar-refractivity contribution in [1.82, 2.24) is 4.90 Å². The number of ether oxygens (including phenoxy) is 1. The number of carbonyl (C=O) groups is 1. The van der Waals surface area contributed by atoms with E-state index in [0.717, 1.165) is 18.4 Å². The molecule has 0 aromatic heterocycles. The molecule has 2 saturated heterocycles. The van der Waals surface area contributed by atoms with Crippen molar-refractivity contribution < 1.29 is 19.7 Å². The van der Waals surface area contributed by atoms with Gasteiger partial charge in [-0.2, -0.15) is 0 Å². The first-order chi connectivity index (χ1) is 8.89. The van der Waals surface area contributed by atoms with Gasteiger partial charge in [-0.3, -0.25) is 4.90 Å². The van der Waals surface area contributed by atoms with E-state index in [1.54, 1.807) is 11.0 Å². The predicted molar refractivity (Wildman–Crippen MR) is 70.6 cm³/mol. The number of amides is 1. The summed E-state index contributed by atoms with van der Waals surface area (Å²) in [6.45, 7) is 5.48. The molecule has 2 rings (SSSR count). The lowest BCUT2D eigenvalue weighted by Gasteiger charge is -2.27. The van der Waals surface area contributed by atoms with Gasteiger partial charge >= 0.3 is 6.09 Å². The first-order valence-corrected chi connectivity index (χ1v) is 6.82. The van der Waals surface area contributed by atoms with Crippen LogP contribution in [0.2, 0.25) is 0 Å². The second kappa shape index (κ2) is 5.13. The summed E-state index contributed by atoms with van der Waals surface area (Å²) < 4.78 is 5.44. The largest absolute Gasteiger partial charge is 0.444 e. The zero-order valence-electron chi connectivity index (χ0n) is 11.8. The Morgan fingerprint density at radius 3 is 2.63 bits per heavy atom. The predicted octanol–water partition coefficient (Wildman–Crippen LogP) is 1.30. The molecule has 0 unspecified atom stereocenters. The van der Waals surface area contributed by atoms with Gasteiger partial charge in [-0.25, -0.2) is 4.79 Å². The van der Waals surface area contributed by atoms with E-state index in [1.165, 1.54) is 0 Å². The maximum Gasteiger partial charge on any atom is 0.411 e. The van der Waals surface area contributed by atoms with Crippen LogP contribution in [-0.4, -0.2) is 52.1 Å². The lowest BCUT2D eigenvalue weighted by molar-refractivity contribution is 0.0199. The fourth-order valence-corrected chi connectivity index (χ4v) is 3.23. The van der Waals surface area contributed by atoms with E-state index in [0.29, 0.717) is 0 Å². The molecule has 0 aliphatic carbocycles. The molecule has 19 heavy (non-hydrogen) atoms. The van der Waals surface area contributed by atoms with Crippen LogP contribution in [0.3, 0.4) is 0 Å². The van der Waals surface area contributed by atoms with Crippen LogP contribution in [0.5, 0.6) is 0 Å². The lowest BCUT2D eigenvalue weighted by Crippen LogP contribution is -2.40. The van der Waals surface area contributed by atoms with Crippen molar-refractivity contribution in [3.8, 4) is 0 Å². The standard InChI is InChI=1S/C14H23NO4/c1-14(2,3)19-13(18)15-11-4-5-12(15)10(8-17)9(11)6-7-16/h6,10-12,16-17H,4-5,7-8H2,1-3H3/b9-6-/t10-,11+,12-/m0/s1. The van der Waals surface area contributed by atoms with Crippen LogP contribution in [0.4, 0.5) is 4.79 Å². The van der Waals surface area contributed by atoms with Crippen molar-refractivity contribution in [2.75, 3.05) is 13.2 Å². The van der Waals surface area contributed by atoms with Gasteiger partial charge < -0.3 is 14.9 Å². The van der Waals surface area contributed by atoms with Crippen molar-refractivity contribution in [3.63, 3.8) is 0 Å². The van der Waals surface area contributed by atoms with E-state index in [1.807, 2.05) is 20.8 Å². The van der Waals surface area contributed by atoms with E-state index >= 15 is 0 Å². The van der Waals surface area contributed by atoms with Gasteiger partial charge in [0.15, 0.2) is 0 Å². The molecule has 2 heterocycles. The number of rotatable bonds is 2. The lowest BCUT2D eigenvalue weighted by atomic mass is 9.84. The summed E-state index contributed by atoms with van der Waals surface area (Å²) in [4.78, 5) is 14.0. The molecule has 2 aliphatic rings. The minimum atomic E-state index is -0.519. The Balaban J connectivity index is 2.20. The monoisotopic (exact) mass is 269 g/mol. The minimum absolute atomic E-state index is 0.00245. The number of hydrogen-bond acceptors (Lipinski definition) is 4. The molecular formula is C14H23NO4. The van der Waals surface area contributed by atoms with Gasteiger partial charge in [0, 0.05) is 12.0 Å². The fourth-order valence-electron chi connectivity index (χ4n) is 3.23. The smallest absolute Gasteiger partial charge is 0.411 e. The molecular weight excluding hydrogens is 246 g/mol. The van der Waals surface area contributed by atoms with E-state index in [-0.39, 0.29) is 37.3 Å². The van der Waals surface area contributed by atoms with Gasteiger partial charge in [0.05, 0.1) is 19.3 Å². The van der Waals surface area contributed by atoms with E-state index in [4.69, 9.17) is 9.84 Å². The van der Waals surface area contributed by atoms with Crippen LogP contribution in [0, 0.1) is 5.92 Å². The van der Waals surface area contributed by atoms with Crippen LogP contribution in [-0.2, 0) is 4.74 Å². The quantitative estimate of drug-likeness (QED) is 0.741. The average Bonchev–Trinajstić information content (AvgIpc) is 2.82. The third-order valence-corrected chi connectivity index (χ3v) is 3.83. The summed E-state index contributed by atoms with van der Waals surface area (Å²) in [5.41, 5.74) is 0.460. The Bertz CT molecular complexity index is 385. The molecule has 2 aliphatic heterocycles. The number of aliphatic hydroxyl groups excluding tert-OH is 2. The summed E-state index contributed by atoms with van der Waals surface area (Å²) in [5.74, 6) is -0.0570. The number of nitrogens with zero attached hydrogens (tertiary/aromatic N) is 1. The normalized spacial score (nSPS) is 32.2. The molecule has 2 fully saturated rings. The number of fused-ring (bicyclic) bond motifs is 2. The second-order valence-electron chi connectivity index (χ2n) is 6.22. The third-order valence-electron chi connectivity index (χ3n) is 3.83. The molecule has 0 saturated carbocycles. The Morgan fingerprint density at radius 1 is 1.42 bits per heavy atom. The van der Waals surface area contributed by atoms with E-state index in [9.17, 15) is 9.90 Å². The maximum atomic E-state index is 12.3. The van der Waals surface area contributed by atoms with Gasteiger partial charge in [0.2, 0.25) is 0 Å². The molecule has 0 aromatic rings. The third kappa shape index (κ3) is 2.62. The molecule has 3 atom stereocenters. The highest BCUT2D eigenvalue weighted by Crippen LogP contribution is 2.45. The Hall–Kier alpha value is -1.07. The van der Waals surface area contributed by atoms with Crippen LogP contribution in [0.15, 0.2) is 11.6 Å². The number of aliphatic hydroxyl groups is 2. The number of carbonyl (C=O) groups excluding carboxylic acids is 1. The summed E-state index contributed by atoms with van der Waals surface area (Å²) in [5, 5.41) is 18.6. The fraction of sp³-hybridized carbons (Fsp3) is 0.786. The van der Waals surface area contributed by atoms with E-state index < -0.39 is 5.60 Å². The van der Waals surface area contributed by atoms with Gasteiger partial charge in [-0.15, -0.1) is 0 Å². The molecule has 0 spiro atoms. The van der Waals surface area contributed by atoms with Crippen LogP contribution >= 0.6 is 0 Å². The Kier molecular flexibility index (Phi) is 3.87. The summed E-state index contributed by atoms with van der Waals surface area (Å²) in [6.07, 6.45) is 3.17. The van der Waals surface area contributed by atoms with Crippen molar-refractivity contribution >= 4 is 6.09 Å². The molecule has 5 heteroatoms. The van der Waals surface area contributed by atoms with Crippen molar-refractivity contribution in [1.29, 1.82) is 0 Å². The van der Waals surface area contributed by atoms with Crippen LogP contribution < -0.4 is 0 Å². The van der Waals surface area contributed by atoms with Gasteiger partial charge in [0.1, 0.15) is 5.60 Å². The minimum Gasteiger partial charge on any atom is -0.444 e. The SMILES string of the molecule is CC(C)(C)OC(=O)N1[C@@H]2CC[C@H]1[C@@H](CO)/C2=C/CO. The van der Waals surface area contributed by atoms with Crippen molar-refractivity contribution in [2.45, 2.75) is 51.3 Å². The van der Waals surface area contributed by atoms with Gasteiger partial charge in [-0.1, -0.05) is 6.08 Å². The second-order valence-corrected chi connectivity index (χ2v) is 6.22. The molecule has 0 aromatic carbocycles. The molecule has 2 bridgehead atoms. The summed E-state index contributed by atoms with van der Waals surface area (Å²) >= 11 is 0. The van der Waals surface area contributed by atoms with Gasteiger partial charge in [0.25, 0.3) is 0 Å². The van der Waals surface area contributed by atoms with Crippen molar-refractivity contribution in [2.24, 2.45) is 5.92 Å². The molecule has 108 valence electrons. The highest BCUT2D eigenvalue weighted by atomic mass is 16.6. The zero-order chi connectivity index (χ0) is 14.2. The first kappa shape index (κ1) is 14.3. The first-order valence-electron chi connectivity index (χ1n) is 6.82. The molecule has 5 nitrogen and oxygen atoms in total. The zero-order valence-corrected chi connectivity index (χ0v) is 11.8. The average molecular weight is 269 g/mol. The summed E-state index contributed by atoms with van der Waals surface area (Å²) in [6, 6.07) is -0.0215. The highest BCUT2D eigenvalue weighted by Gasteiger charge is 2.52. The summed E-state index contributed by atoms with van der Waals surface area (Å²) in [7, 11) is 0. The Morgan fingerprint density at radius 2 is 2.11 bits per heavy atom. The van der Waals surface area contributed by atoms with Crippen LogP contribution in [0.25, 0.3) is 0 Å². The molecule has 2 N–H and O–H groups in total. The molecule has 0 radical (unpaired) electrons. The number of hydrogen-bond donors (Lipinski definition) is 2.